The first-order valence-electron chi connectivity index (χ1n) is 6.12. The number of hydrogen-bond acceptors (Lipinski definition) is 5. The van der Waals surface area contributed by atoms with Crippen molar-refractivity contribution in [1.29, 1.82) is 0 Å². The molecule has 0 bridgehead atoms. The van der Waals surface area contributed by atoms with Gasteiger partial charge < -0.3 is 9.15 Å². The van der Waals surface area contributed by atoms with E-state index in [1.165, 1.54) is 0 Å². The van der Waals surface area contributed by atoms with E-state index in [1.54, 1.807) is 29.5 Å². The van der Waals surface area contributed by atoms with Crippen molar-refractivity contribution >= 4 is 38.9 Å². The molecule has 2 aromatic heterocycles. The highest BCUT2D eigenvalue weighted by Crippen LogP contribution is 2.32. The summed E-state index contributed by atoms with van der Waals surface area (Å²) in [5.74, 6) is 1.61. The molecular formula is C14H10BrClN2O2S. The molecule has 0 spiro atoms. The van der Waals surface area contributed by atoms with Crippen LogP contribution in [0.5, 0.6) is 5.75 Å². The van der Waals surface area contributed by atoms with Crippen LogP contribution in [0.25, 0.3) is 10.8 Å². The van der Waals surface area contributed by atoms with Gasteiger partial charge in [-0.15, -0.1) is 21.5 Å². The number of halogens is 2. The minimum absolute atomic E-state index is 0.358. The lowest BCUT2D eigenvalue weighted by Gasteiger charge is -2.12. The molecular weight excluding hydrogens is 376 g/mol. The molecule has 21 heavy (non-hydrogen) atoms. The molecule has 0 amide bonds. The van der Waals surface area contributed by atoms with Gasteiger partial charge in [0.2, 0.25) is 0 Å². The summed E-state index contributed by atoms with van der Waals surface area (Å²) in [5, 5.41) is 10.7. The van der Waals surface area contributed by atoms with Gasteiger partial charge in [0.15, 0.2) is 6.10 Å². The summed E-state index contributed by atoms with van der Waals surface area (Å²) in [7, 11) is 0. The van der Waals surface area contributed by atoms with Crippen molar-refractivity contribution in [1.82, 2.24) is 10.2 Å². The van der Waals surface area contributed by atoms with Gasteiger partial charge in [0.05, 0.1) is 9.35 Å². The Morgan fingerprint density at radius 3 is 2.90 bits per heavy atom. The third-order valence-electron chi connectivity index (χ3n) is 2.72. The van der Waals surface area contributed by atoms with Crippen molar-refractivity contribution in [3.05, 3.63) is 51.1 Å². The molecule has 0 aliphatic carbocycles. The van der Waals surface area contributed by atoms with Crippen molar-refractivity contribution in [3.63, 3.8) is 0 Å². The minimum Gasteiger partial charge on any atom is -0.480 e. The second kappa shape index (κ2) is 6.17. The number of ether oxygens (including phenoxy) is 1. The number of benzene rings is 1. The van der Waals surface area contributed by atoms with E-state index in [1.807, 2.05) is 24.4 Å². The summed E-state index contributed by atoms with van der Waals surface area (Å²) in [5.41, 5.74) is 0. The predicted octanol–water partition coefficient (Wildman–Crippen LogP) is 5.35. The Kier molecular flexibility index (Phi) is 4.28. The lowest BCUT2D eigenvalue weighted by atomic mass is 10.3. The SMILES string of the molecule is C[C@H](Oc1ccc(Cl)cc1Br)c1nnc(-c2cccs2)o1. The summed E-state index contributed by atoms with van der Waals surface area (Å²) in [6.45, 7) is 1.85. The van der Waals surface area contributed by atoms with Gasteiger partial charge in [-0.1, -0.05) is 17.7 Å². The molecule has 3 rings (SSSR count). The van der Waals surface area contributed by atoms with Gasteiger partial charge in [-0.25, -0.2) is 0 Å². The Labute approximate surface area is 138 Å². The van der Waals surface area contributed by atoms with Gasteiger partial charge in [0.25, 0.3) is 11.8 Å². The molecule has 0 aliphatic rings. The van der Waals surface area contributed by atoms with E-state index >= 15 is 0 Å². The predicted molar refractivity (Wildman–Crippen MR) is 85.8 cm³/mol. The summed E-state index contributed by atoms with van der Waals surface area (Å²) < 4.78 is 12.2. The first kappa shape index (κ1) is 14.6. The van der Waals surface area contributed by atoms with Gasteiger partial charge in [0, 0.05) is 5.02 Å². The molecule has 0 N–H and O–H groups in total. The average molecular weight is 386 g/mol. The van der Waals surface area contributed by atoms with Crippen LogP contribution in [-0.2, 0) is 0 Å². The second-order valence-electron chi connectivity index (χ2n) is 4.26. The lowest BCUT2D eigenvalue weighted by Crippen LogP contribution is -2.03. The quantitative estimate of drug-likeness (QED) is 0.607. The first-order chi connectivity index (χ1) is 10.1. The van der Waals surface area contributed by atoms with E-state index < -0.39 is 0 Å². The van der Waals surface area contributed by atoms with E-state index in [9.17, 15) is 0 Å². The maximum absolute atomic E-state index is 5.91. The van der Waals surface area contributed by atoms with Crippen LogP contribution >= 0.6 is 38.9 Å². The Bertz CT molecular complexity index is 745. The van der Waals surface area contributed by atoms with Gasteiger partial charge >= 0.3 is 0 Å². The molecule has 0 saturated carbocycles. The molecule has 1 atom stereocenters. The fourth-order valence-electron chi connectivity index (χ4n) is 1.71. The molecule has 0 radical (unpaired) electrons. The maximum Gasteiger partial charge on any atom is 0.257 e. The number of thiophene rings is 1. The van der Waals surface area contributed by atoms with Crippen molar-refractivity contribution in [3.8, 4) is 16.5 Å². The highest BCUT2D eigenvalue weighted by atomic mass is 79.9. The van der Waals surface area contributed by atoms with E-state index in [2.05, 4.69) is 26.1 Å². The third-order valence-corrected chi connectivity index (χ3v) is 4.43. The topological polar surface area (TPSA) is 48.2 Å². The molecule has 0 unspecified atom stereocenters. The van der Waals surface area contributed by atoms with Crippen LogP contribution in [-0.4, -0.2) is 10.2 Å². The minimum atomic E-state index is -0.358. The smallest absolute Gasteiger partial charge is 0.257 e. The molecule has 7 heteroatoms. The zero-order valence-electron chi connectivity index (χ0n) is 10.9. The fraction of sp³-hybridized carbons (Fsp3) is 0.143. The summed E-state index contributed by atoms with van der Waals surface area (Å²) in [4.78, 5) is 0.939. The van der Waals surface area contributed by atoms with Gasteiger partial charge in [-0.2, -0.15) is 0 Å². The lowest BCUT2D eigenvalue weighted by molar-refractivity contribution is 0.188. The number of rotatable bonds is 4. The molecule has 2 heterocycles. The zero-order chi connectivity index (χ0) is 14.8. The zero-order valence-corrected chi connectivity index (χ0v) is 14.1. The van der Waals surface area contributed by atoms with Crippen molar-refractivity contribution in [2.24, 2.45) is 0 Å². The van der Waals surface area contributed by atoms with Gasteiger partial charge in [-0.05, 0) is 52.5 Å². The van der Waals surface area contributed by atoms with Gasteiger partial charge in [-0.3, -0.25) is 0 Å². The highest BCUT2D eigenvalue weighted by Gasteiger charge is 2.18. The second-order valence-corrected chi connectivity index (χ2v) is 6.50. The van der Waals surface area contributed by atoms with Crippen LogP contribution in [0.3, 0.4) is 0 Å². The normalized spacial score (nSPS) is 12.3. The molecule has 4 nitrogen and oxygen atoms in total. The molecule has 0 aliphatic heterocycles. The van der Waals surface area contributed by atoms with E-state index in [0.717, 1.165) is 9.35 Å². The van der Waals surface area contributed by atoms with Crippen LogP contribution in [0.1, 0.15) is 18.9 Å². The summed E-state index contributed by atoms with van der Waals surface area (Å²) in [6.07, 6.45) is -0.358. The maximum atomic E-state index is 5.91. The van der Waals surface area contributed by atoms with E-state index in [0.29, 0.717) is 22.6 Å². The summed E-state index contributed by atoms with van der Waals surface area (Å²) >= 11 is 10.9. The molecule has 108 valence electrons. The third kappa shape index (κ3) is 3.28. The van der Waals surface area contributed by atoms with Crippen LogP contribution < -0.4 is 4.74 Å². The van der Waals surface area contributed by atoms with E-state index in [-0.39, 0.29) is 6.10 Å². The molecule has 1 aromatic carbocycles. The molecule has 3 aromatic rings. The Hall–Kier alpha value is -1.37. The van der Waals surface area contributed by atoms with Crippen molar-refractivity contribution in [2.45, 2.75) is 13.0 Å². The average Bonchev–Trinajstić information content (AvgIpc) is 3.10. The molecule has 0 saturated heterocycles. The fourth-order valence-corrected chi connectivity index (χ4v) is 3.13. The number of hydrogen-bond donors (Lipinski definition) is 0. The van der Waals surface area contributed by atoms with Crippen molar-refractivity contribution in [2.75, 3.05) is 0 Å². The summed E-state index contributed by atoms with van der Waals surface area (Å²) in [6, 6.07) is 9.20. The van der Waals surface area contributed by atoms with Gasteiger partial charge in [0.1, 0.15) is 5.75 Å². The standard InChI is InChI=1S/C14H10BrClN2O2S/c1-8(19-11-5-4-9(16)7-10(11)15)13-17-18-14(20-13)12-3-2-6-21-12/h2-8H,1H3/t8-/m0/s1. The van der Waals surface area contributed by atoms with Crippen LogP contribution in [0, 0.1) is 0 Å². The van der Waals surface area contributed by atoms with Crippen molar-refractivity contribution < 1.29 is 9.15 Å². The van der Waals surface area contributed by atoms with Crippen LogP contribution in [0.2, 0.25) is 5.02 Å². The van der Waals surface area contributed by atoms with E-state index in [4.69, 9.17) is 20.8 Å². The number of nitrogens with zero attached hydrogens (tertiary/aromatic N) is 2. The van der Waals surface area contributed by atoms with Crippen LogP contribution in [0.15, 0.2) is 44.6 Å². The Morgan fingerprint density at radius 2 is 2.19 bits per heavy atom. The Balaban J connectivity index is 1.78. The molecule has 0 fully saturated rings. The highest BCUT2D eigenvalue weighted by molar-refractivity contribution is 9.10. The number of aromatic nitrogens is 2. The monoisotopic (exact) mass is 384 g/mol. The Morgan fingerprint density at radius 1 is 1.33 bits per heavy atom. The van der Waals surface area contributed by atoms with Crippen LogP contribution in [0.4, 0.5) is 0 Å². The largest absolute Gasteiger partial charge is 0.480 e. The first-order valence-corrected chi connectivity index (χ1v) is 8.17.